The van der Waals surface area contributed by atoms with Crippen molar-refractivity contribution in [1.82, 2.24) is 4.98 Å². The number of ether oxygens (including phenoxy) is 1. The molecule has 0 fully saturated rings. The molecule has 0 atom stereocenters. The highest BCUT2D eigenvalue weighted by atomic mass is 32.1. The number of aryl methyl sites for hydroxylation is 1. The number of nitrogens with zero attached hydrogens (tertiary/aromatic N) is 1. The Balaban J connectivity index is 2.46. The largest absolute Gasteiger partial charge is 0.497 e. The summed E-state index contributed by atoms with van der Waals surface area (Å²) in [6.07, 6.45) is 0. The fourth-order valence-electron chi connectivity index (χ4n) is 1.53. The van der Waals surface area contributed by atoms with Gasteiger partial charge in [-0.15, -0.1) is 11.3 Å². The molecule has 1 heterocycles. The number of aromatic nitrogens is 1. The smallest absolute Gasteiger partial charge is 0.135 e. The third-order valence-corrected chi connectivity index (χ3v) is 3.60. The number of nitrogen functional groups attached to an aromatic ring is 1. The van der Waals surface area contributed by atoms with Crippen LogP contribution in [0.2, 0.25) is 0 Å². The number of amidine groups is 1. The maximum Gasteiger partial charge on any atom is 0.135 e. The maximum atomic E-state index is 7.45. The Morgan fingerprint density at radius 2 is 2.24 bits per heavy atom. The molecule has 0 radical (unpaired) electrons. The molecule has 0 aliphatic heterocycles. The molecular weight excluding hydrogens is 234 g/mol. The topological polar surface area (TPSA) is 72.0 Å². The molecule has 0 saturated heterocycles. The minimum absolute atomic E-state index is 0.0640. The van der Waals surface area contributed by atoms with Crippen LogP contribution in [0.25, 0.3) is 10.6 Å². The van der Waals surface area contributed by atoms with Gasteiger partial charge in [-0.2, -0.15) is 0 Å². The zero-order chi connectivity index (χ0) is 12.4. The zero-order valence-corrected chi connectivity index (χ0v) is 10.5. The maximum absolute atomic E-state index is 7.45. The van der Waals surface area contributed by atoms with Crippen molar-refractivity contribution in [1.29, 1.82) is 5.41 Å². The number of nitrogens with two attached hydrogens (primary N) is 1. The van der Waals surface area contributed by atoms with Crippen molar-refractivity contribution in [2.45, 2.75) is 6.92 Å². The molecule has 4 nitrogen and oxygen atoms in total. The summed E-state index contributed by atoms with van der Waals surface area (Å²) in [6, 6.07) is 7.68. The Morgan fingerprint density at radius 3 is 2.82 bits per heavy atom. The van der Waals surface area contributed by atoms with Crippen molar-refractivity contribution >= 4 is 17.2 Å². The van der Waals surface area contributed by atoms with Crippen LogP contribution in [0.3, 0.4) is 0 Å². The lowest BCUT2D eigenvalue weighted by Crippen LogP contribution is -2.10. The van der Waals surface area contributed by atoms with E-state index in [-0.39, 0.29) is 5.84 Å². The van der Waals surface area contributed by atoms with E-state index in [4.69, 9.17) is 15.9 Å². The molecular formula is C12H13N3OS. The van der Waals surface area contributed by atoms with Gasteiger partial charge < -0.3 is 10.5 Å². The fourth-order valence-corrected chi connectivity index (χ4v) is 2.45. The molecule has 1 aromatic carbocycles. The highest BCUT2D eigenvalue weighted by molar-refractivity contribution is 7.17. The minimum atomic E-state index is 0.0640. The first kappa shape index (κ1) is 11.6. The second kappa shape index (κ2) is 4.55. The summed E-state index contributed by atoms with van der Waals surface area (Å²) >= 11 is 1.42. The van der Waals surface area contributed by atoms with Gasteiger partial charge in [0, 0.05) is 5.56 Å². The summed E-state index contributed by atoms with van der Waals surface area (Å²) in [5, 5.41) is 8.31. The van der Waals surface area contributed by atoms with Gasteiger partial charge in [-0.05, 0) is 19.1 Å². The second-order valence-corrected chi connectivity index (χ2v) is 4.58. The van der Waals surface area contributed by atoms with E-state index < -0.39 is 0 Å². The number of methoxy groups -OCH3 is 1. The van der Waals surface area contributed by atoms with E-state index in [1.54, 1.807) is 7.11 Å². The first-order chi connectivity index (χ1) is 8.11. The summed E-state index contributed by atoms with van der Waals surface area (Å²) in [7, 11) is 1.63. The van der Waals surface area contributed by atoms with E-state index in [9.17, 15) is 0 Å². The van der Waals surface area contributed by atoms with E-state index in [1.165, 1.54) is 11.3 Å². The molecule has 2 aromatic rings. The Hall–Kier alpha value is -1.88. The van der Waals surface area contributed by atoms with Crippen LogP contribution in [0.15, 0.2) is 24.3 Å². The van der Waals surface area contributed by atoms with E-state index in [0.717, 1.165) is 26.9 Å². The molecule has 0 saturated carbocycles. The van der Waals surface area contributed by atoms with Crippen LogP contribution in [-0.2, 0) is 0 Å². The van der Waals surface area contributed by atoms with E-state index in [1.807, 2.05) is 31.2 Å². The number of hydrogen-bond acceptors (Lipinski definition) is 4. The van der Waals surface area contributed by atoms with Crippen molar-refractivity contribution < 1.29 is 4.74 Å². The SMILES string of the molecule is COc1cccc(-c2nc(C)c(C(=N)N)s2)c1. The molecule has 5 heteroatoms. The monoisotopic (exact) mass is 247 g/mol. The Kier molecular flexibility index (Phi) is 3.10. The van der Waals surface area contributed by atoms with Crippen LogP contribution >= 0.6 is 11.3 Å². The summed E-state index contributed by atoms with van der Waals surface area (Å²) in [5.74, 6) is 0.855. The average Bonchev–Trinajstić information content (AvgIpc) is 2.71. The molecule has 0 amide bonds. The van der Waals surface area contributed by atoms with Crippen molar-refractivity contribution in [3.8, 4) is 16.3 Å². The highest BCUT2D eigenvalue weighted by Crippen LogP contribution is 2.29. The molecule has 88 valence electrons. The van der Waals surface area contributed by atoms with Gasteiger partial charge in [0.15, 0.2) is 0 Å². The Bertz CT molecular complexity index is 563. The number of nitrogens with one attached hydrogen (secondary N) is 1. The molecule has 17 heavy (non-hydrogen) atoms. The first-order valence-electron chi connectivity index (χ1n) is 5.08. The Labute approximate surface area is 104 Å². The summed E-state index contributed by atoms with van der Waals surface area (Å²) in [5.41, 5.74) is 7.26. The van der Waals surface area contributed by atoms with Crippen molar-refractivity contribution in [2.75, 3.05) is 7.11 Å². The number of benzene rings is 1. The van der Waals surface area contributed by atoms with E-state index in [0.29, 0.717) is 0 Å². The van der Waals surface area contributed by atoms with Crippen molar-refractivity contribution in [2.24, 2.45) is 5.73 Å². The van der Waals surface area contributed by atoms with Gasteiger partial charge in [0.05, 0.1) is 17.7 Å². The predicted octanol–water partition coefficient (Wildman–Crippen LogP) is 2.41. The van der Waals surface area contributed by atoms with Gasteiger partial charge in [0.2, 0.25) is 0 Å². The Morgan fingerprint density at radius 1 is 1.47 bits per heavy atom. The molecule has 0 aliphatic carbocycles. The van der Waals surface area contributed by atoms with E-state index >= 15 is 0 Å². The van der Waals surface area contributed by atoms with Gasteiger partial charge in [-0.1, -0.05) is 12.1 Å². The summed E-state index contributed by atoms with van der Waals surface area (Å²) < 4.78 is 5.17. The average molecular weight is 247 g/mol. The lowest BCUT2D eigenvalue weighted by atomic mass is 10.2. The standard InChI is InChI=1S/C12H13N3OS/c1-7-10(11(13)14)17-12(15-7)8-4-3-5-9(6-8)16-2/h3-6H,1-2H3,(H3,13,14). The zero-order valence-electron chi connectivity index (χ0n) is 9.65. The molecule has 3 N–H and O–H groups in total. The molecule has 1 aromatic heterocycles. The normalized spacial score (nSPS) is 10.2. The van der Waals surface area contributed by atoms with Crippen LogP contribution < -0.4 is 10.5 Å². The molecule has 0 spiro atoms. The van der Waals surface area contributed by atoms with Gasteiger partial charge >= 0.3 is 0 Å². The van der Waals surface area contributed by atoms with Crippen molar-refractivity contribution in [3.05, 3.63) is 34.8 Å². The molecule has 0 aliphatic rings. The minimum Gasteiger partial charge on any atom is -0.497 e. The van der Waals surface area contributed by atoms with Gasteiger partial charge in [0.25, 0.3) is 0 Å². The molecule has 0 unspecified atom stereocenters. The summed E-state index contributed by atoms with van der Waals surface area (Å²) in [4.78, 5) is 5.14. The van der Waals surface area contributed by atoms with Crippen LogP contribution in [0.4, 0.5) is 0 Å². The number of rotatable bonds is 3. The lowest BCUT2D eigenvalue weighted by molar-refractivity contribution is 0.415. The second-order valence-electron chi connectivity index (χ2n) is 3.58. The highest BCUT2D eigenvalue weighted by Gasteiger charge is 2.11. The lowest BCUT2D eigenvalue weighted by Gasteiger charge is -2.00. The first-order valence-corrected chi connectivity index (χ1v) is 5.89. The van der Waals surface area contributed by atoms with Crippen LogP contribution in [-0.4, -0.2) is 17.9 Å². The van der Waals surface area contributed by atoms with Crippen LogP contribution in [0, 0.1) is 12.3 Å². The van der Waals surface area contributed by atoms with Crippen molar-refractivity contribution in [3.63, 3.8) is 0 Å². The molecule has 0 bridgehead atoms. The van der Waals surface area contributed by atoms with Crippen LogP contribution in [0.5, 0.6) is 5.75 Å². The van der Waals surface area contributed by atoms with Crippen LogP contribution in [0.1, 0.15) is 10.6 Å². The third-order valence-electron chi connectivity index (χ3n) is 2.36. The van der Waals surface area contributed by atoms with Gasteiger partial charge in [-0.3, -0.25) is 5.41 Å². The van der Waals surface area contributed by atoms with Gasteiger partial charge in [-0.25, -0.2) is 4.98 Å². The third kappa shape index (κ3) is 2.29. The summed E-state index contributed by atoms with van der Waals surface area (Å²) in [6.45, 7) is 1.86. The number of hydrogen-bond donors (Lipinski definition) is 2. The quantitative estimate of drug-likeness (QED) is 0.646. The predicted molar refractivity (Wildman–Crippen MR) is 69.9 cm³/mol. The molecule has 2 rings (SSSR count). The van der Waals surface area contributed by atoms with Gasteiger partial charge in [0.1, 0.15) is 16.6 Å². The van der Waals surface area contributed by atoms with E-state index in [2.05, 4.69) is 4.98 Å². The fraction of sp³-hybridized carbons (Fsp3) is 0.167. The number of thiazole rings is 1.